The number of oxime groups is 1. The molecule has 2 N–H and O–H groups in total. The zero-order valence-electron chi connectivity index (χ0n) is 14.6. The van der Waals surface area contributed by atoms with E-state index in [1.807, 2.05) is 19.1 Å². The van der Waals surface area contributed by atoms with E-state index in [4.69, 9.17) is 4.84 Å². The van der Waals surface area contributed by atoms with Gasteiger partial charge in [0.1, 0.15) is 6.10 Å². The lowest BCUT2D eigenvalue weighted by molar-refractivity contribution is -0.145. The van der Waals surface area contributed by atoms with Crippen molar-refractivity contribution in [3.05, 3.63) is 41.5 Å². The molecular weight excluding hydrogens is 316 g/mol. The Morgan fingerprint density at radius 1 is 1.36 bits per heavy atom. The highest BCUT2D eigenvalue weighted by molar-refractivity contribution is 5.80. The van der Waals surface area contributed by atoms with Gasteiger partial charge >= 0.3 is 5.97 Å². The molecule has 1 aliphatic heterocycles. The molecule has 0 radical (unpaired) electrons. The van der Waals surface area contributed by atoms with Gasteiger partial charge in [0.25, 0.3) is 0 Å². The zero-order valence-corrected chi connectivity index (χ0v) is 14.6. The minimum absolute atomic E-state index is 0.208. The summed E-state index contributed by atoms with van der Waals surface area (Å²) in [6.45, 7) is 2.69. The number of carbonyl (C=O) groups is 1. The number of hydrogen-bond acceptors (Lipinski definition) is 4. The van der Waals surface area contributed by atoms with Gasteiger partial charge in [0.2, 0.25) is 0 Å². The van der Waals surface area contributed by atoms with Crippen LogP contribution >= 0.6 is 0 Å². The Morgan fingerprint density at radius 2 is 2.16 bits per heavy atom. The molecule has 134 valence electrons. The monoisotopic (exact) mass is 342 g/mol. The number of carboxylic acid groups (broad SMARTS) is 1. The molecule has 1 aromatic rings. The molecule has 25 heavy (non-hydrogen) atoms. The third-order valence-electron chi connectivity index (χ3n) is 5.08. The third-order valence-corrected chi connectivity index (χ3v) is 5.08. The second-order valence-electron chi connectivity index (χ2n) is 6.86. The van der Waals surface area contributed by atoms with Gasteiger partial charge in [-0.3, -0.25) is 4.79 Å². The average Bonchev–Trinajstić information content (AvgIpc) is 3.17. The molecular formula is C20H26N2O3. The molecule has 1 saturated heterocycles. The first kappa shape index (κ1) is 17.7. The summed E-state index contributed by atoms with van der Waals surface area (Å²) in [5, 5.41) is 16.7. The first-order valence-corrected chi connectivity index (χ1v) is 9.10. The number of carboxylic acids is 1. The molecule has 0 amide bonds. The van der Waals surface area contributed by atoms with E-state index >= 15 is 0 Å². The van der Waals surface area contributed by atoms with Crippen molar-refractivity contribution < 1.29 is 14.7 Å². The van der Waals surface area contributed by atoms with Gasteiger partial charge in [0.15, 0.2) is 0 Å². The normalized spacial score (nSPS) is 24.9. The van der Waals surface area contributed by atoms with Gasteiger partial charge < -0.3 is 15.3 Å². The van der Waals surface area contributed by atoms with Crippen LogP contribution in [-0.4, -0.2) is 36.0 Å². The highest BCUT2D eigenvalue weighted by Gasteiger charge is 2.35. The molecule has 0 aromatic heterocycles. The summed E-state index contributed by atoms with van der Waals surface area (Å²) >= 11 is 0. The van der Waals surface area contributed by atoms with Crippen LogP contribution in [0.4, 0.5) is 0 Å². The fraction of sp³-hybridized carbons (Fsp3) is 0.500. The molecule has 0 spiro atoms. The highest BCUT2D eigenvalue weighted by atomic mass is 16.6. The predicted molar refractivity (Wildman–Crippen MR) is 98.6 cm³/mol. The summed E-state index contributed by atoms with van der Waals surface area (Å²) in [4.78, 5) is 16.9. The van der Waals surface area contributed by atoms with Crippen molar-refractivity contribution in [2.75, 3.05) is 6.54 Å². The molecule has 1 aromatic carbocycles. The quantitative estimate of drug-likeness (QED) is 0.614. The van der Waals surface area contributed by atoms with Crippen LogP contribution in [0.5, 0.6) is 0 Å². The Hall–Kier alpha value is -2.14. The molecule has 1 fully saturated rings. The first-order chi connectivity index (χ1) is 12.1. The molecule has 3 rings (SSSR count). The van der Waals surface area contributed by atoms with E-state index in [2.05, 4.69) is 28.7 Å². The van der Waals surface area contributed by atoms with Crippen LogP contribution in [0.15, 0.2) is 35.5 Å². The number of benzene rings is 1. The number of nitrogens with one attached hydrogen (secondary N) is 1. The lowest BCUT2D eigenvalue weighted by Gasteiger charge is -2.32. The summed E-state index contributed by atoms with van der Waals surface area (Å²) in [6, 6.07) is 8.09. The SMILES string of the molecule is CC(O/N=C/c1ccc(C2=CCCC2)cc1)C1NCCCC1C(=O)O. The van der Waals surface area contributed by atoms with E-state index in [1.54, 1.807) is 6.21 Å². The van der Waals surface area contributed by atoms with Crippen LogP contribution in [0.2, 0.25) is 0 Å². The van der Waals surface area contributed by atoms with Crippen LogP contribution in [0.25, 0.3) is 5.57 Å². The second-order valence-corrected chi connectivity index (χ2v) is 6.86. The van der Waals surface area contributed by atoms with Gasteiger partial charge in [0, 0.05) is 0 Å². The van der Waals surface area contributed by atoms with E-state index < -0.39 is 11.9 Å². The van der Waals surface area contributed by atoms with Crippen molar-refractivity contribution in [2.45, 2.75) is 51.2 Å². The summed E-state index contributed by atoms with van der Waals surface area (Å²) in [6.07, 6.45) is 8.85. The summed E-state index contributed by atoms with van der Waals surface area (Å²) in [5.74, 6) is -1.19. The summed E-state index contributed by atoms with van der Waals surface area (Å²) < 4.78 is 0. The predicted octanol–water partition coefficient (Wildman–Crippen LogP) is 3.45. The number of rotatable bonds is 6. The van der Waals surface area contributed by atoms with E-state index in [0.29, 0.717) is 6.42 Å². The molecule has 5 nitrogen and oxygen atoms in total. The molecule has 0 saturated carbocycles. The summed E-state index contributed by atoms with van der Waals surface area (Å²) in [7, 11) is 0. The topological polar surface area (TPSA) is 70.9 Å². The van der Waals surface area contributed by atoms with Crippen molar-refractivity contribution in [1.29, 1.82) is 0 Å². The maximum absolute atomic E-state index is 11.4. The molecule has 1 aliphatic carbocycles. The number of hydrogen-bond donors (Lipinski definition) is 2. The number of allylic oxidation sites excluding steroid dienone is 2. The Bertz CT molecular complexity index is 651. The Balaban J connectivity index is 1.55. The van der Waals surface area contributed by atoms with Crippen LogP contribution in [0.3, 0.4) is 0 Å². The van der Waals surface area contributed by atoms with E-state index in [-0.39, 0.29) is 12.1 Å². The lowest BCUT2D eigenvalue weighted by atomic mass is 9.88. The fourth-order valence-electron chi connectivity index (χ4n) is 3.65. The Labute approximate surface area is 148 Å². The summed E-state index contributed by atoms with van der Waals surface area (Å²) in [5.41, 5.74) is 3.68. The fourth-order valence-corrected chi connectivity index (χ4v) is 3.65. The van der Waals surface area contributed by atoms with Gasteiger partial charge in [-0.2, -0.15) is 0 Å². The van der Waals surface area contributed by atoms with Gasteiger partial charge in [0.05, 0.1) is 18.2 Å². The van der Waals surface area contributed by atoms with Gasteiger partial charge in [-0.15, -0.1) is 0 Å². The van der Waals surface area contributed by atoms with Crippen molar-refractivity contribution in [1.82, 2.24) is 5.32 Å². The molecule has 3 atom stereocenters. The van der Waals surface area contributed by atoms with Gasteiger partial charge in [-0.1, -0.05) is 35.5 Å². The molecule has 1 heterocycles. The van der Waals surface area contributed by atoms with Crippen LogP contribution in [-0.2, 0) is 9.63 Å². The average molecular weight is 342 g/mol. The Kier molecular flexibility index (Phi) is 5.87. The maximum Gasteiger partial charge on any atom is 0.308 e. The van der Waals surface area contributed by atoms with Crippen molar-refractivity contribution in [3.63, 3.8) is 0 Å². The van der Waals surface area contributed by atoms with Crippen molar-refractivity contribution >= 4 is 17.8 Å². The smallest absolute Gasteiger partial charge is 0.308 e. The maximum atomic E-state index is 11.4. The van der Waals surface area contributed by atoms with Crippen LogP contribution in [0, 0.1) is 5.92 Å². The zero-order chi connectivity index (χ0) is 17.6. The minimum Gasteiger partial charge on any atom is -0.481 e. The van der Waals surface area contributed by atoms with Crippen LogP contribution < -0.4 is 5.32 Å². The van der Waals surface area contributed by atoms with Crippen LogP contribution in [0.1, 0.15) is 50.2 Å². The van der Waals surface area contributed by atoms with E-state index in [0.717, 1.165) is 24.9 Å². The van der Waals surface area contributed by atoms with Crippen molar-refractivity contribution in [2.24, 2.45) is 11.1 Å². The molecule has 2 aliphatic rings. The molecule has 0 bridgehead atoms. The minimum atomic E-state index is -0.770. The number of nitrogens with zero attached hydrogens (tertiary/aromatic N) is 1. The molecule has 5 heteroatoms. The number of aliphatic carboxylic acids is 1. The lowest BCUT2D eigenvalue weighted by Crippen LogP contribution is -2.51. The highest BCUT2D eigenvalue weighted by Crippen LogP contribution is 2.27. The van der Waals surface area contributed by atoms with Gasteiger partial charge in [-0.25, -0.2) is 0 Å². The largest absolute Gasteiger partial charge is 0.481 e. The van der Waals surface area contributed by atoms with Gasteiger partial charge in [-0.05, 0) is 62.3 Å². The molecule has 3 unspecified atom stereocenters. The second kappa shape index (κ2) is 8.30. The van der Waals surface area contributed by atoms with E-state index in [1.165, 1.54) is 24.0 Å². The van der Waals surface area contributed by atoms with Crippen molar-refractivity contribution in [3.8, 4) is 0 Å². The van der Waals surface area contributed by atoms with E-state index in [9.17, 15) is 9.90 Å². The third kappa shape index (κ3) is 4.48. The number of piperidine rings is 1. The first-order valence-electron chi connectivity index (χ1n) is 9.10. The Morgan fingerprint density at radius 3 is 2.84 bits per heavy atom. The standard InChI is InChI=1S/C20H26N2O3/c1-14(19-18(20(23)24)7-4-12-21-19)25-22-13-15-8-10-17(11-9-15)16-5-2-3-6-16/h5,8-11,13-14,18-19,21H,2-4,6-7,12H2,1H3,(H,23,24)/b22-13+.